The predicted molar refractivity (Wildman–Crippen MR) is 81.2 cm³/mol. The molecule has 0 bridgehead atoms. The van der Waals surface area contributed by atoms with Crippen LogP contribution in [0, 0.1) is 5.92 Å². The van der Waals surface area contributed by atoms with E-state index in [0.29, 0.717) is 19.0 Å². The number of ether oxygens (including phenoxy) is 2. The second kappa shape index (κ2) is 8.38. The Morgan fingerprint density at radius 1 is 1.27 bits per heavy atom. The predicted octanol–water partition coefficient (Wildman–Crippen LogP) is 0.852. The fourth-order valence-corrected chi connectivity index (χ4v) is 2.58. The molecule has 0 aliphatic carbocycles. The van der Waals surface area contributed by atoms with E-state index < -0.39 is 5.91 Å². The molecule has 1 aliphatic rings. The molecule has 2 amide bonds. The van der Waals surface area contributed by atoms with Gasteiger partial charge in [-0.1, -0.05) is 18.2 Å². The van der Waals surface area contributed by atoms with Crippen molar-refractivity contribution in [2.24, 2.45) is 11.7 Å². The number of hydrogen-bond donors (Lipinski definition) is 2. The smallest absolute Gasteiger partial charge is 0.258 e. The Kier molecular flexibility index (Phi) is 6.21. The van der Waals surface area contributed by atoms with Crippen LogP contribution in [0.1, 0.15) is 19.3 Å². The third-order valence-corrected chi connectivity index (χ3v) is 3.72. The minimum atomic E-state index is -0.416. The van der Waals surface area contributed by atoms with Crippen LogP contribution in [0.15, 0.2) is 30.3 Å². The number of rotatable bonds is 7. The van der Waals surface area contributed by atoms with Gasteiger partial charge in [-0.05, 0) is 30.9 Å². The van der Waals surface area contributed by atoms with E-state index in [2.05, 4.69) is 5.32 Å². The molecule has 0 radical (unpaired) electrons. The number of amides is 2. The molecule has 0 spiro atoms. The molecule has 0 aromatic heterocycles. The number of para-hydroxylation sites is 1. The number of primary amides is 1. The van der Waals surface area contributed by atoms with Gasteiger partial charge < -0.3 is 20.5 Å². The number of hydrogen-bond acceptors (Lipinski definition) is 4. The van der Waals surface area contributed by atoms with E-state index in [1.807, 2.05) is 18.2 Å². The summed E-state index contributed by atoms with van der Waals surface area (Å²) in [4.78, 5) is 23.3. The van der Waals surface area contributed by atoms with Crippen molar-refractivity contribution in [3.05, 3.63) is 30.3 Å². The number of benzene rings is 1. The van der Waals surface area contributed by atoms with Crippen LogP contribution in [0.2, 0.25) is 0 Å². The summed E-state index contributed by atoms with van der Waals surface area (Å²) in [5.41, 5.74) is 5.29. The standard InChI is InChI=1S/C16H22N2O4/c17-15(19)10-14(12-6-8-21-9-7-12)18-16(20)11-22-13-4-2-1-3-5-13/h1-5,12,14H,6-11H2,(H2,17,19)(H,18,20). The van der Waals surface area contributed by atoms with Crippen molar-refractivity contribution in [1.29, 1.82) is 0 Å². The van der Waals surface area contributed by atoms with Gasteiger partial charge >= 0.3 is 0 Å². The third-order valence-electron chi connectivity index (χ3n) is 3.72. The minimum absolute atomic E-state index is 0.0809. The van der Waals surface area contributed by atoms with E-state index in [1.54, 1.807) is 12.1 Å². The van der Waals surface area contributed by atoms with Crippen LogP contribution < -0.4 is 15.8 Å². The molecule has 0 saturated carbocycles. The number of nitrogens with one attached hydrogen (secondary N) is 1. The molecule has 1 heterocycles. The van der Waals surface area contributed by atoms with Crippen LogP contribution in [0.25, 0.3) is 0 Å². The van der Waals surface area contributed by atoms with Crippen LogP contribution in [0.3, 0.4) is 0 Å². The fourth-order valence-electron chi connectivity index (χ4n) is 2.58. The summed E-state index contributed by atoms with van der Waals surface area (Å²) in [6, 6.07) is 8.87. The zero-order valence-corrected chi connectivity index (χ0v) is 12.5. The Balaban J connectivity index is 1.85. The fraction of sp³-hybridized carbons (Fsp3) is 0.500. The Labute approximate surface area is 130 Å². The number of carbonyl (C=O) groups excluding carboxylic acids is 2. The molecular weight excluding hydrogens is 284 g/mol. The summed E-state index contributed by atoms with van der Waals surface area (Å²) >= 11 is 0. The van der Waals surface area contributed by atoms with E-state index in [1.165, 1.54) is 0 Å². The average Bonchev–Trinajstić information content (AvgIpc) is 2.54. The van der Waals surface area contributed by atoms with Crippen LogP contribution >= 0.6 is 0 Å². The van der Waals surface area contributed by atoms with Gasteiger partial charge in [0, 0.05) is 25.7 Å². The molecule has 1 unspecified atom stereocenters. The van der Waals surface area contributed by atoms with Crippen molar-refractivity contribution in [3.63, 3.8) is 0 Å². The number of carbonyl (C=O) groups is 2. The summed E-state index contributed by atoms with van der Waals surface area (Å²) in [6.07, 6.45) is 1.78. The third kappa shape index (κ3) is 5.37. The lowest BCUT2D eigenvalue weighted by Gasteiger charge is -2.30. The first-order valence-electron chi connectivity index (χ1n) is 7.48. The summed E-state index contributed by atoms with van der Waals surface area (Å²) in [6.45, 7) is 1.22. The van der Waals surface area contributed by atoms with Gasteiger partial charge in [0.25, 0.3) is 5.91 Å². The first-order valence-corrected chi connectivity index (χ1v) is 7.48. The van der Waals surface area contributed by atoms with Crippen molar-refractivity contribution < 1.29 is 19.1 Å². The number of nitrogens with two attached hydrogens (primary N) is 1. The Morgan fingerprint density at radius 2 is 1.95 bits per heavy atom. The highest BCUT2D eigenvalue weighted by molar-refractivity contribution is 5.80. The Hall–Kier alpha value is -2.08. The molecule has 1 aromatic carbocycles. The van der Waals surface area contributed by atoms with Crippen molar-refractivity contribution >= 4 is 11.8 Å². The van der Waals surface area contributed by atoms with Crippen LogP contribution in [0.4, 0.5) is 0 Å². The first-order chi connectivity index (χ1) is 10.6. The average molecular weight is 306 g/mol. The summed E-state index contributed by atoms with van der Waals surface area (Å²) < 4.78 is 10.7. The van der Waals surface area contributed by atoms with Gasteiger partial charge in [-0.2, -0.15) is 0 Å². The van der Waals surface area contributed by atoms with E-state index in [0.717, 1.165) is 12.8 Å². The van der Waals surface area contributed by atoms with Gasteiger partial charge in [-0.15, -0.1) is 0 Å². The zero-order chi connectivity index (χ0) is 15.8. The lowest BCUT2D eigenvalue weighted by molar-refractivity contribution is -0.125. The van der Waals surface area contributed by atoms with Crippen LogP contribution in [0.5, 0.6) is 5.75 Å². The topological polar surface area (TPSA) is 90.7 Å². The molecule has 120 valence electrons. The molecule has 1 fully saturated rings. The van der Waals surface area contributed by atoms with E-state index >= 15 is 0 Å². The molecule has 1 atom stereocenters. The summed E-state index contributed by atoms with van der Waals surface area (Å²) in [5.74, 6) is 0.180. The molecule has 2 rings (SSSR count). The molecule has 3 N–H and O–H groups in total. The Bertz CT molecular complexity index is 486. The van der Waals surface area contributed by atoms with Crippen molar-refractivity contribution in [2.75, 3.05) is 19.8 Å². The van der Waals surface area contributed by atoms with Crippen molar-refractivity contribution in [3.8, 4) is 5.75 Å². The molecule has 1 aliphatic heterocycles. The minimum Gasteiger partial charge on any atom is -0.484 e. The molecular formula is C16H22N2O4. The van der Waals surface area contributed by atoms with Gasteiger partial charge in [0.1, 0.15) is 5.75 Å². The van der Waals surface area contributed by atoms with E-state index in [9.17, 15) is 9.59 Å². The maximum Gasteiger partial charge on any atom is 0.258 e. The second-order valence-electron chi connectivity index (χ2n) is 5.40. The van der Waals surface area contributed by atoms with Gasteiger partial charge in [-0.25, -0.2) is 0 Å². The van der Waals surface area contributed by atoms with Crippen molar-refractivity contribution in [2.45, 2.75) is 25.3 Å². The maximum absolute atomic E-state index is 12.0. The highest BCUT2D eigenvalue weighted by atomic mass is 16.5. The molecule has 6 heteroatoms. The lowest BCUT2D eigenvalue weighted by atomic mass is 9.89. The van der Waals surface area contributed by atoms with Gasteiger partial charge in [0.15, 0.2) is 6.61 Å². The molecule has 22 heavy (non-hydrogen) atoms. The molecule has 6 nitrogen and oxygen atoms in total. The van der Waals surface area contributed by atoms with Crippen molar-refractivity contribution in [1.82, 2.24) is 5.32 Å². The van der Waals surface area contributed by atoms with Gasteiger partial charge in [-0.3, -0.25) is 9.59 Å². The normalized spacial score (nSPS) is 16.7. The quantitative estimate of drug-likeness (QED) is 0.781. The molecule has 1 aromatic rings. The first kappa shape index (κ1) is 16.3. The SMILES string of the molecule is NC(=O)CC(NC(=O)COc1ccccc1)C1CCOCC1. The largest absolute Gasteiger partial charge is 0.484 e. The van der Waals surface area contributed by atoms with E-state index in [-0.39, 0.29) is 30.9 Å². The van der Waals surface area contributed by atoms with Crippen LogP contribution in [-0.4, -0.2) is 37.7 Å². The summed E-state index contributed by atoms with van der Waals surface area (Å²) in [7, 11) is 0. The highest BCUT2D eigenvalue weighted by Crippen LogP contribution is 2.20. The van der Waals surface area contributed by atoms with Crippen LogP contribution in [-0.2, 0) is 14.3 Å². The Morgan fingerprint density at radius 3 is 2.59 bits per heavy atom. The lowest BCUT2D eigenvalue weighted by Crippen LogP contribution is -2.46. The van der Waals surface area contributed by atoms with Gasteiger partial charge in [0.2, 0.25) is 5.91 Å². The summed E-state index contributed by atoms with van der Waals surface area (Å²) in [5, 5.41) is 2.87. The zero-order valence-electron chi connectivity index (χ0n) is 12.5. The monoisotopic (exact) mass is 306 g/mol. The van der Waals surface area contributed by atoms with E-state index in [4.69, 9.17) is 15.2 Å². The maximum atomic E-state index is 12.0. The highest BCUT2D eigenvalue weighted by Gasteiger charge is 2.26. The molecule has 1 saturated heterocycles. The van der Waals surface area contributed by atoms with Gasteiger partial charge in [0.05, 0.1) is 0 Å². The second-order valence-corrected chi connectivity index (χ2v) is 5.40.